The summed E-state index contributed by atoms with van der Waals surface area (Å²) in [6, 6.07) is 0.686. The van der Waals surface area contributed by atoms with E-state index in [1.807, 2.05) is 0 Å². The van der Waals surface area contributed by atoms with Crippen LogP contribution in [0.15, 0.2) is 0 Å². The van der Waals surface area contributed by atoms with Crippen LogP contribution in [0.4, 0.5) is 0 Å². The predicted octanol–water partition coefficient (Wildman–Crippen LogP) is 3.59. The van der Waals surface area contributed by atoms with E-state index < -0.39 is 0 Å². The van der Waals surface area contributed by atoms with E-state index in [-0.39, 0.29) is 0 Å². The van der Waals surface area contributed by atoms with Gasteiger partial charge < -0.3 is 5.32 Å². The van der Waals surface area contributed by atoms with Gasteiger partial charge >= 0.3 is 0 Å². The quantitative estimate of drug-likeness (QED) is 0.729. The Labute approximate surface area is 89.7 Å². The van der Waals surface area contributed by atoms with E-state index in [0.717, 1.165) is 5.92 Å². The molecule has 1 N–H and O–H groups in total. The summed E-state index contributed by atoms with van der Waals surface area (Å²) >= 11 is 0. The lowest BCUT2D eigenvalue weighted by atomic mass is 9.77. The van der Waals surface area contributed by atoms with Crippen LogP contribution in [0.3, 0.4) is 0 Å². The topological polar surface area (TPSA) is 12.0 Å². The zero-order valence-corrected chi connectivity index (χ0v) is 10.4. The normalized spacial score (nSPS) is 22.3. The minimum Gasteiger partial charge on any atom is -0.316 e. The van der Waals surface area contributed by atoms with Gasteiger partial charge in [-0.15, -0.1) is 0 Å². The predicted molar refractivity (Wildman–Crippen MR) is 63.5 cm³/mol. The van der Waals surface area contributed by atoms with Gasteiger partial charge in [0.2, 0.25) is 0 Å². The number of hydrogen-bond donors (Lipinski definition) is 1. The fourth-order valence-electron chi connectivity index (χ4n) is 2.66. The van der Waals surface area contributed by atoms with Crippen molar-refractivity contribution in [3.05, 3.63) is 0 Å². The molecule has 1 rings (SSSR count). The monoisotopic (exact) mass is 197 g/mol. The summed E-state index contributed by atoms with van der Waals surface area (Å²) in [6.07, 6.45) is 8.70. The zero-order valence-electron chi connectivity index (χ0n) is 10.4. The Hall–Kier alpha value is -0.0400. The maximum Gasteiger partial charge on any atom is 0.0115 e. The molecule has 0 aromatic rings. The van der Waals surface area contributed by atoms with E-state index in [2.05, 4.69) is 33.1 Å². The molecule has 0 amide bonds. The molecular formula is C13H27N. The molecule has 1 fully saturated rings. The maximum absolute atomic E-state index is 3.49. The molecule has 0 aliphatic heterocycles. The SMILES string of the molecule is CNC(CC1CCCCC1)C(C)(C)C. The first-order valence-electron chi connectivity index (χ1n) is 6.21. The Kier molecular flexibility index (Phi) is 4.43. The molecule has 0 saturated heterocycles. The maximum atomic E-state index is 3.49. The van der Waals surface area contributed by atoms with Crippen LogP contribution in [0, 0.1) is 11.3 Å². The second-order valence-electron chi connectivity index (χ2n) is 5.95. The fourth-order valence-corrected chi connectivity index (χ4v) is 2.66. The minimum absolute atomic E-state index is 0.409. The lowest BCUT2D eigenvalue weighted by Crippen LogP contribution is -2.39. The summed E-state index contributed by atoms with van der Waals surface area (Å²) in [5, 5.41) is 3.49. The summed E-state index contributed by atoms with van der Waals surface area (Å²) in [7, 11) is 2.11. The van der Waals surface area contributed by atoms with Crippen molar-refractivity contribution < 1.29 is 0 Å². The molecule has 14 heavy (non-hydrogen) atoms. The van der Waals surface area contributed by atoms with Crippen LogP contribution in [0.2, 0.25) is 0 Å². The molecule has 0 heterocycles. The molecule has 0 aromatic heterocycles. The van der Waals surface area contributed by atoms with Crippen molar-refractivity contribution in [2.75, 3.05) is 7.05 Å². The molecule has 0 aromatic carbocycles. The van der Waals surface area contributed by atoms with Gasteiger partial charge in [0, 0.05) is 6.04 Å². The Morgan fingerprint density at radius 1 is 1.14 bits per heavy atom. The van der Waals surface area contributed by atoms with E-state index in [4.69, 9.17) is 0 Å². The van der Waals surface area contributed by atoms with Gasteiger partial charge in [0.1, 0.15) is 0 Å². The highest BCUT2D eigenvalue weighted by Crippen LogP contribution is 2.32. The molecule has 0 bridgehead atoms. The summed E-state index contributed by atoms with van der Waals surface area (Å²) in [5.41, 5.74) is 0.409. The van der Waals surface area contributed by atoms with Crippen LogP contribution >= 0.6 is 0 Å². The number of hydrogen-bond acceptors (Lipinski definition) is 1. The molecule has 1 heteroatoms. The lowest BCUT2D eigenvalue weighted by molar-refractivity contribution is 0.210. The van der Waals surface area contributed by atoms with Gasteiger partial charge in [0.05, 0.1) is 0 Å². The van der Waals surface area contributed by atoms with Crippen molar-refractivity contribution >= 4 is 0 Å². The molecule has 1 aliphatic carbocycles. The van der Waals surface area contributed by atoms with Crippen LogP contribution in [-0.4, -0.2) is 13.1 Å². The molecule has 0 radical (unpaired) electrons. The van der Waals surface area contributed by atoms with Crippen LogP contribution in [0.5, 0.6) is 0 Å². The second kappa shape index (κ2) is 5.16. The van der Waals surface area contributed by atoms with Gasteiger partial charge in [-0.1, -0.05) is 52.9 Å². The highest BCUT2D eigenvalue weighted by atomic mass is 14.9. The molecule has 1 unspecified atom stereocenters. The smallest absolute Gasteiger partial charge is 0.0115 e. The van der Waals surface area contributed by atoms with Crippen molar-refractivity contribution in [3.63, 3.8) is 0 Å². The molecule has 0 spiro atoms. The summed E-state index contributed by atoms with van der Waals surface area (Å²) in [6.45, 7) is 7.03. The summed E-state index contributed by atoms with van der Waals surface area (Å²) in [4.78, 5) is 0. The first-order chi connectivity index (χ1) is 6.54. The fraction of sp³-hybridized carbons (Fsp3) is 1.00. The van der Waals surface area contributed by atoms with Crippen molar-refractivity contribution in [1.82, 2.24) is 5.32 Å². The minimum atomic E-state index is 0.409. The molecule has 84 valence electrons. The van der Waals surface area contributed by atoms with Gasteiger partial charge in [-0.3, -0.25) is 0 Å². The van der Waals surface area contributed by atoms with Crippen molar-refractivity contribution in [1.29, 1.82) is 0 Å². The Balaban J connectivity index is 2.39. The molecule has 1 aliphatic rings. The summed E-state index contributed by atoms with van der Waals surface area (Å²) < 4.78 is 0. The molecule has 1 nitrogen and oxygen atoms in total. The van der Waals surface area contributed by atoms with E-state index in [9.17, 15) is 0 Å². The average molecular weight is 197 g/mol. The van der Waals surface area contributed by atoms with Crippen molar-refractivity contribution in [2.45, 2.75) is 65.3 Å². The van der Waals surface area contributed by atoms with Gasteiger partial charge in [-0.25, -0.2) is 0 Å². The van der Waals surface area contributed by atoms with Crippen LogP contribution in [-0.2, 0) is 0 Å². The highest BCUT2D eigenvalue weighted by Gasteiger charge is 2.26. The lowest BCUT2D eigenvalue weighted by Gasteiger charge is -2.34. The third kappa shape index (κ3) is 3.61. The second-order valence-corrected chi connectivity index (χ2v) is 5.95. The molecule has 1 atom stereocenters. The standard InChI is InChI=1S/C13H27N/c1-13(2,3)12(14-4)10-11-8-6-5-7-9-11/h11-12,14H,5-10H2,1-4H3. The van der Waals surface area contributed by atoms with Crippen molar-refractivity contribution in [3.8, 4) is 0 Å². The highest BCUT2D eigenvalue weighted by molar-refractivity contribution is 4.82. The van der Waals surface area contributed by atoms with Crippen LogP contribution < -0.4 is 5.32 Å². The van der Waals surface area contributed by atoms with Gasteiger partial charge in [0.25, 0.3) is 0 Å². The molecule has 1 saturated carbocycles. The largest absolute Gasteiger partial charge is 0.316 e. The van der Waals surface area contributed by atoms with Gasteiger partial charge in [0.15, 0.2) is 0 Å². The van der Waals surface area contributed by atoms with Crippen LogP contribution in [0.25, 0.3) is 0 Å². The van der Waals surface area contributed by atoms with Gasteiger partial charge in [-0.05, 0) is 24.8 Å². The average Bonchev–Trinajstić information content (AvgIpc) is 2.14. The zero-order chi connectivity index (χ0) is 10.6. The Bertz CT molecular complexity index is 151. The Morgan fingerprint density at radius 2 is 1.71 bits per heavy atom. The molecular weight excluding hydrogens is 170 g/mol. The first-order valence-corrected chi connectivity index (χ1v) is 6.21. The Morgan fingerprint density at radius 3 is 2.14 bits per heavy atom. The van der Waals surface area contributed by atoms with Gasteiger partial charge in [-0.2, -0.15) is 0 Å². The third-order valence-electron chi connectivity index (χ3n) is 3.69. The van der Waals surface area contributed by atoms with Crippen LogP contribution in [0.1, 0.15) is 59.3 Å². The number of rotatable bonds is 3. The van der Waals surface area contributed by atoms with E-state index in [1.165, 1.54) is 38.5 Å². The summed E-state index contributed by atoms with van der Waals surface area (Å²) in [5.74, 6) is 0.987. The van der Waals surface area contributed by atoms with Crippen molar-refractivity contribution in [2.24, 2.45) is 11.3 Å². The van der Waals surface area contributed by atoms with E-state index in [0.29, 0.717) is 11.5 Å². The third-order valence-corrected chi connectivity index (χ3v) is 3.69. The first kappa shape index (κ1) is 12.0. The van der Waals surface area contributed by atoms with E-state index in [1.54, 1.807) is 0 Å². The number of nitrogens with one attached hydrogen (secondary N) is 1. The van der Waals surface area contributed by atoms with E-state index >= 15 is 0 Å².